The number of aryl methyl sites for hydroxylation is 1. The summed E-state index contributed by atoms with van der Waals surface area (Å²) in [5.74, 6) is 0.632. The number of benzene rings is 1. The van der Waals surface area contributed by atoms with Crippen LogP contribution in [0.5, 0.6) is 0 Å². The van der Waals surface area contributed by atoms with Gasteiger partial charge in [0.25, 0.3) is 0 Å². The molecule has 0 saturated carbocycles. The van der Waals surface area contributed by atoms with Gasteiger partial charge in [-0.15, -0.1) is 0 Å². The van der Waals surface area contributed by atoms with Crippen LogP contribution in [0.2, 0.25) is 0 Å². The SMILES string of the molecule is CSCC(=O)NCc1ccccc1C. The molecular weight excluding hydrogens is 194 g/mol. The van der Waals surface area contributed by atoms with Gasteiger partial charge in [-0.1, -0.05) is 24.3 Å². The van der Waals surface area contributed by atoms with E-state index in [-0.39, 0.29) is 5.91 Å². The quantitative estimate of drug-likeness (QED) is 0.821. The lowest BCUT2D eigenvalue weighted by Gasteiger charge is -2.06. The molecule has 0 heterocycles. The predicted molar refractivity (Wildman–Crippen MR) is 61.4 cm³/mol. The Morgan fingerprint density at radius 2 is 2.14 bits per heavy atom. The Hall–Kier alpha value is -0.960. The molecular formula is C11H15NOS. The fraction of sp³-hybridized carbons (Fsp3) is 0.364. The van der Waals surface area contributed by atoms with Crippen molar-refractivity contribution in [1.82, 2.24) is 5.32 Å². The first kappa shape index (κ1) is 11.1. The standard InChI is InChI=1S/C11H15NOS/c1-9-5-3-4-6-10(9)7-12-11(13)8-14-2/h3-6H,7-8H2,1-2H3,(H,12,13). The third-order valence-corrected chi connectivity index (χ3v) is 2.56. The lowest BCUT2D eigenvalue weighted by Crippen LogP contribution is -2.24. The molecule has 14 heavy (non-hydrogen) atoms. The summed E-state index contributed by atoms with van der Waals surface area (Å²) in [7, 11) is 0. The van der Waals surface area contributed by atoms with Crippen LogP contribution in [-0.4, -0.2) is 17.9 Å². The molecule has 0 atom stereocenters. The molecule has 0 aliphatic heterocycles. The Balaban J connectivity index is 2.46. The van der Waals surface area contributed by atoms with Gasteiger partial charge >= 0.3 is 0 Å². The topological polar surface area (TPSA) is 29.1 Å². The van der Waals surface area contributed by atoms with Gasteiger partial charge in [0.15, 0.2) is 0 Å². The van der Waals surface area contributed by atoms with Crippen molar-refractivity contribution >= 4 is 17.7 Å². The van der Waals surface area contributed by atoms with E-state index in [0.717, 1.165) is 0 Å². The van der Waals surface area contributed by atoms with Gasteiger partial charge in [0.2, 0.25) is 5.91 Å². The van der Waals surface area contributed by atoms with Crippen molar-refractivity contribution in [3.8, 4) is 0 Å². The van der Waals surface area contributed by atoms with E-state index in [1.165, 1.54) is 22.9 Å². The molecule has 0 aliphatic carbocycles. The molecule has 1 rings (SSSR count). The van der Waals surface area contributed by atoms with Crippen molar-refractivity contribution in [1.29, 1.82) is 0 Å². The Kier molecular flexibility index (Phi) is 4.53. The second kappa shape index (κ2) is 5.70. The smallest absolute Gasteiger partial charge is 0.230 e. The zero-order valence-corrected chi connectivity index (χ0v) is 9.36. The Bertz CT molecular complexity index is 312. The number of carbonyl (C=O) groups is 1. The van der Waals surface area contributed by atoms with Gasteiger partial charge in [-0.2, -0.15) is 11.8 Å². The zero-order valence-electron chi connectivity index (χ0n) is 8.54. The number of thioether (sulfide) groups is 1. The second-order valence-corrected chi connectivity index (χ2v) is 4.00. The molecule has 0 aliphatic rings. The van der Waals surface area contributed by atoms with Crippen LogP contribution in [0.3, 0.4) is 0 Å². The molecule has 1 N–H and O–H groups in total. The summed E-state index contributed by atoms with van der Waals surface area (Å²) in [5, 5.41) is 2.88. The molecule has 3 heteroatoms. The summed E-state index contributed by atoms with van der Waals surface area (Å²) in [5.41, 5.74) is 2.40. The van der Waals surface area contributed by atoms with Gasteiger partial charge in [-0.25, -0.2) is 0 Å². The number of hydrogen-bond acceptors (Lipinski definition) is 2. The van der Waals surface area contributed by atoms with Crippen molar-refractivity contribution < 1.29 is 4.79 Å². The van der Waals surface area contributed by atoms with Crippen LogP contribution in [0.1, 0.15) is 11.1 Å². The van der Waals surface area contributed by atoms with Crippen molar-refractivity contribution in [2.45, 2.75) is 13.5 Å². The summed E-state index contributed by atoms with van der Waals surface area (Å²) in [6.07, 6.45) is 1.92. The fourth-order valence-electron chi connectivity index (χ4n) is 1.18. The van der Waals surface area contributed by atoms with Crippen LogP contribution in [0.15, 0.2) is 24.3 Å². The molecule has 0 fully saturated rings. The van der Waals surface area contributed by atoms with Crippen molar-refractivity contribution in [3.05, 3.63) is 35.4 Å². The highest BCUT2D eigenvalue weighted by molar-refractivity contribution is 7.99. The minimum atomic E-state index is 0.0979. The third kappa shape index (κ3) is 3.42. The van der Waals surface area contributed by atoms with E-state index in [2.05, 4.69) is 18.3 Å². The molecule has 0 radical (unpaired) electrons. The monoisotopic (exact) mass is 209 g/mol. The summed E-state index contributed by atoms with van der Waals surface area (Å²) in [4.78, 5) is 11.2. The van der Waals surface area contributed by atoms with Gasteiger partial charge in [0.05, 0.1) is 5.75 Å². The maximum absolute atomic E-state index is 11.2. The summed E-state index contributed by atoms with van der Waals surface area (Å²) < 4.78 is 0. The van der Waals surface area contributed by atoms with Crippen molar-refractivity contribution in [3.63, 3.8) is 0 Å². The van der Waals surface area contributed by atoms with Crippen LogP contribution in [-0.2, 0) is 11.3 Å². The lowest BCUT2D eigenvalue weighted by molar-refractivity contribution is -0.118. The van der Waals surface area contributed by atoms with Crippen molar-refractivity contribution in [2.75, 3.05) is 12.0 Å². The number of hydrogen-bond donors (Lipinski definition) is 1. The lowest BCUT2D eigenvalue weighted by atomic mass is 10.1. The summed E-state index contributed by atoms with van der Waals surface area (Å²) in [6, 6.07) is 8.08. The maximum atomic E-state index is 11.2. The van der Waals surface area contributed by atoms with E-state index in [0.29, 0.717) is 12.3 Å². The largest absolute Gasteiger partial charge is 0.351 e. The molecule has 1 aromatic carbocycles. The van der Waals surface area contributed by atoms with Crippen LogP contribution in [0, 0.1) is 6.92 Å². The molecule has 1 aromatic rings. The van der Waals surface area contributed by atoms with Gasteiger partial charge in [-0.05, 0) is 24.3 Å². The molecule has 76 valence electrons. The van der Waals surface area contributed by atoms with E-state index in [9.17, 15) is 4.79 Å². The normalized spacial score (nSPS) is 9.86. The highest BCUT2D eigenvalue weighted by Gasteiger charge is 2.00. The van der Waals surface area contributed by atoms with Crippen LogP contribution in [0.25, 0.3) is 0 Å². The highest BCUT2D eigenvalue weighted by Crippen LogP contribution is 2.06. The molecule has 0 spiro atoms. The average molecular weight is 209 g/mol. The van der Waals surface area contributed by atoms with E-state index in [4.69, 9.17) is 0 Å². The van der Waals surface area contributed by atoms with Gasteiger partial charge < -0.3 is 5.32 Å². The zero-order chi connectivity index (χ0) is 10.4. The number of amides is 1. The first-order valence-electron chi connectivity index (χ1n) is 4.54. The first-order valence-corrected chi connectivity index (χ1v) is 5.93. The molecule has 1 amide bonds. The fourth-order valence-corrected chi connectivity index (χ4v) is 1.55. The Morgan fingerprint density at radius 1 is 1.43 bits per heavy atom. The van der Waals surface area contributed by atoms with Gasteiger partial charge in [-0.3, -0.25) is 4.79 Å². The van der Waals surface area contributed by atoms with Crippen molar-refractivity contribution in [2.24, 2.45) is 0 Å². The Morgan fingerprint density at radius 3 is 2.79 bits per heavy atom. The minimum absolute atomic E-state index is 0.0979. The van der Waals surface area contributed by atoms with Gasteiger partial charge in [0, 0.05) is 6.54 Å². The Labute approximate surface area is 89.1 Å². The first-order chi connectivity index (χ1) is 6.74. The second-order valence-electron chi connectivity index (χ2n) is 3.14. The maximum Gasteiger partial charge on any atom is 0.230 e. The minimum Gasteiger partial charge on any atom is -0.351 e. The van der Waals surface area contributed by atoms with E-state index in [1.807, 2.05) is 24.5 Å². The molecule has 0 bridgehead atoms. The summed E-state index contributed by atoms with van der Waals surface area (Å²) in [6.45, 7) is 2.68. The predicted octanol–water partition coefficient (Wildman–Crippen LogP) is 1.97. The van der Waals surface area contributed by atoms with E-state index < -0.39 is 0 Å². The number of rotatable bonds is 4. The molecule has 0 aromatic heterocycles. The molecule has 0 unspecified atom stereocenters. The van der Waals surface area contributed by atoms with E-state index >= 15 is 0 Å². The van der Waals surface area contributed by atoms with Crippen LogP contribution >= 0.6 is 11.8 Å². The van der Waals surface area contributed by atoms with Gasteiger partial charge in [0.1, 0.15) is 0 Å². The van der Waals surface area contributed by atoms with Crippen LogP contribution in [0.4, 0.5) is 0 Å². The summed E-state index contributed by atoms with van der Waals surface area (Å²) >= 11 is 1.54. The van der Waals surface area contributed by atoms with Crippen LogP contribution < -0.4 is 5.32 Å². The number of nitrogens with one attached hydrogen (secondary N) is 1. The average Bonchev–Trinajstić information content (AvgIpc) is 2.17. The van der Waals surface area contributed by atoms with E-state index in [1.54, 1.807) is 0 Å². The number of carbonyl (C=O) groups excluding carboxylic acids is 1. The highest BCUT2D eigenvalue weighted by atomic mass is 32.2. The third-order valence-electron chi connectivity index (χ3n) is 2.01. The molecule has 0 saturated heterocycles. The molecule has 2 nitrogen and oxygen atoms in total.